The summed E-state index contributed by atoms with van der Waals surface area (Å²) in [4.78, 5) is 20.1. The summed E-state index contributed by atoms with van der Waals surface area (Å²) in [7, 11) is 0. The Morgan fingerprint density at radius 3 is 2.17 bits per heavy atom. The lowest BCUT2D eigenvalue weighted by Crippen LogP contribution is -1.85. The highest BCUT2D eigenvalue weighted by Gasteiger charge is 1.97. The molecule has 5 heteroatoms. The fourth-order valence-corrected chi connectivity index (χ4v) is 2.00. The molecular weight excluding hydrogens is 308 g/mol. The third kappa shape index (κ3) is 12.3. The zero-order valence-electron chi connectivity index (χ0n) is 14.3. The third-order valence-electron chi connectivity index (χ3n) is 3.34. The van der Waals surface area contributed by atoms with E-state index in [0.717, 1.165) is 25.2 Å². The molecule has 0 saturated heterocycles. The molecule has 0 fully saturated rings. The van der Waals surface area contributed by atoms with Crippen LogP contribution < -0.4 is 0 Å². The Balaban J connectivity index is 0.000000449. The maximum absolute atomic E-state index is 10.1. The number of phenolic OH excluding ortho intramolecular Hbond substituents is 2. The average Bonchev–Trinajstić information content (AvgIpc) is 2.56. The Morgan fingerprint density at radius 2 is 1.62 bits per heavy atom. The van der Waals surface area contributed by atoms with Gasteiger partial charge < -0.3 is 20.1 Å². The van der Waals surface area contributed by atoms with Crippen molar-refractivity contribution in [2.75, 3.05) is 0 Å². The largest absolute Gasteiger partial charge is 0.504 e. The molecule has 3 N–H and O–H groups in total. The molecule has 0 amide bonds. The van der Waals surface area contributed by atoms with Crippen molar-refractivity contribution in [3.05, 3.63) is 29.8 Å². The topological polar surface area (TPSA) is 94.8 Å². The Morgan fingerprint density at radius 1 is 1.00 bits per heavy atom. The van der Waals surface area contributed by atoms with Crippen molar-refractivity contribution in [3.63, 3.8) is 0 Å². The zero-order chi connectivity index (χ0) is 18.2. The van der Waals surface area contributed by atoms with Crippen LogP contribution in [0.25, 0.3) is 6.08 Å². The van der Waals surface area contributed by atoms with Gasteiger partial charge in [0.15, 0.2) is 11.5 Å². The molecule has 0 aliphatic carbocycles. The van der Waals surface area contributed by atoms with Crippen LogP contribution in [0.1, 0.15) is 63.9 Å². The number of phenols is 2. The predicted octanol–water partition coefficient (Wildman–Crippen LogP) is 4.52. The summed E-state index contributed by atoms with van der Waals surface area (Å²) < 4.78 is 0. The van der Waals surface area contributed by atoms with Crippen molar-refractivity contribution in [2.45, 2.75) is 58.3 Å². The SMILES string of the molecule is CCCCCCCCCC=O.O=C(O)C=Cc1ccc(O)c(O)c1. The van der Waals surface area contributed by atoms with Crippen molar-refractivity contribution in [3.8, 4) is 11.5 Å². The molecule has 1 rings (SSSR count). The van der Waals surface area contributed by atoms with E-state index < -0.39 is 5.97 Å². The second kappa shape index (κ2) is 14.3. The molecule has 0 aliphatic heterocycles. The lowest BCUT2D eigenvalue weighted by molar-refractivity contribution is -0.131. The lowest BCUT2D eigenvalue weighted by Gasteiger charge is -1.97. The van der Waals surface area contributed by atoms with Gasteiger partial charge in [0, 0.05) is 12.5 Å². The first-order chi connectivity index (χ1) is 11.5. The smallest absolute Gasteiger partial charge is 0.328 e. The van der Waals surface area contributed by atoms with Crippen molar-refractivity contribution in [1.82, 2.24) is 0 Å². The molecular formula is C19H28O5. The van der Waals surface area contributed by atoms with Gasteiger partial charge in [0.25, 0.3) is 0 Å². The second-order valence-corrected chi connectivity index (χ2v) is 5.50. The molecule has 0 saturated carbocycles. The Labute approximate surface area is 143 Å². The van der Waals surface area contributed by atoms with Crippen LogP contribution in [0.15, 0.2) is 24.3 Å². The van der Waals surface area contributed by atoms with Gasteiger partial charge in [-0.25, -0.2) is 4.79 Å². The Bertz CT molecular complexity index is 508. The minimum Gasteiger partial charge on any atom is -0.504 e. The number of aromatic hydroxyl groups is 2. The van der Waals surface area contributed by atoms with E-state index in [1.54, 1.807) is 0 Å². The molecule has 134 valence electrons. The average molecular weight is 336 g/mol. The second-order valence-electron chi connectivity index (χ2n) is 5.50. The van der Waals surface area contributed by atoms with Crippen LogP contribution in [0.5, 0.6) is 11.5 Å². The number of aliphatic carboxylic acids is 1. The van der Waals surface area contributed by atoms with Gasteiger partial charge in [-0.3, -0.25) is 0 Å². The first-order valence-electron chi connectivity index (χ1n) is 8.37. The van der Waals surface area contributed by atoms with Gasteiger partial charge in [0.1, 0.15) is 6.29 Å². The van der Waals surface area contributed by atoms with Gasteiger partial charge in [-0.1, -0.05) is 51.5 Å². The molecule has 0 spiro atoms. The number of carbonyl (C=O) groups is 2. The van der Waals surface area contributed by atoms with Gasteiger partial charge in [0.2, 0.25) is 0 Å². The molecule has 24 heavy (non-hydrogen) atoms. The number of hydrogen-bond donors (Lipinski definition) is 3. The highest BCUT2D eigenvalue weighted by molar-refractivity contribution is 5.85. The summed E-state index contributed by atoms with van der Waals surface area (Å²) in [6.45, 7) is 2.23. The third-order valence-corrected chi connectivity index (χ3v) is 3.34. The number of hydrogen-bond acceptors (Lipinski definition) is 4. The normalized spacial score (nSPS) is 10.2. The number of benzene rings is 1. The van der Waals surface area contributed by atoms with E-state index in [1.807, 2.05) is 0 Å². The molecule has 0 atom stereocenters. The summed E-state index contributed by atoms with van der Waals surface area (Å²) in [5, 5.41) is 26.3. The van der Waals surface area contributed by atoms with E-state index in [2.05, 4.69) is 6.92 Å². The van der Waals surface area contributed by atoms with Crippen LogP contribution in [0, 0.1) is 0 Å². The van der Waals surface area contributed by atoms with E-state index in [0.29, 0.717) is 5.56 Å². The van der Waals surface area contributed by atoms with Gasteiger partial charge in [-0.15, -0.1) is 0 Å². The molecule has 1 aromatic rings. The van der Waals surface area contributed by atoms with Gasteiger partial charge >= 0.3 is 5.97 Å². The van der Waals surface area contributed by atoms with Crippen molar-refractivity contribution < 1.29 is 24.9 Å². The van der Waals surface area contributed by atoms with Gasteiger partial charge in [-0.05, 0) is 30.2 Å². The number of aldehydes is 1. The summed E-state index contributed by atoms with van der Waals surface area (Å²) in [5.74, 6) is -1.56. The maximum Gasteiger partial charge on any atom is 0.328 e. The van der Waals surface area contributed by atoms with E-state index >= 15 is 0 Å². The standard InChI is InChI=1S/C10H20O.C9H8O4/c1-2-3-4-5-6-7-8-9-10-11;10-7-3-1-6(5-8(7)11)2-4-9(12)13/h10H,2-9H2,1H3;1-5,10-11H,(H,12,13). The summed E-state index contributed by atoms with van der Waals surface area (Å²) >= 11 is 0. The number of rotatable bonds is 10. The molecule has 0 heterocycles. The summed E-state index contributed by atoms with van der Waals surface area (Å²) in [5.41, 5.74) is 0.512. The monoisotopic (exact) mass is 336 g/mol. The predicted molar refractivity (Wildman–Crippen MR) is 95.1 cm³/mol. The summed E-state index contributed by atoms with van der Waals surface area (Å²) in [6, 6.07) is 4.06. The molecule has 0 bridgehead atoms. The fraction of sp³-hybridized carbons (Fsp3) is 0.474. The fourth-order valence-electron chi connectivity index (χ4n) is 2.00. The highest BCUT2D eigenvalue weighted by Crippen LogP contribution is 2.25. The van der Waals surface area contributed by atoms with Crippen LogP contribution >= 0.6 is 0 Å². The van der Waals surface area contributed by atoms with Crippen molar-refractivity contribution in [1.29, 1.82) is 0 Å². The van der Waals surface area contributed by atoms with Crippen LogP contribution in [0.3, 0.4) is 0 Å². The van der Waals surface area contributed by atoms with Crippen LogP contribution in [0.2, 0.25) is 0 Å². The molecule has 0 unspecified atom stereocenters. The summed E-state index contributed by atoms with van der Waals surface area (Å²) in [6.07, 6.45) is 13.1. The first-order valence-corrected chi connectivity index (χ1v) is 8.37. The minimum absolute atomic E-state index is 0.229. The Hall–Kier alpha value is -2.30. The molecule has 0 aromatic heterocycles. The van der Waals surface area contributed by atoms with Crippen LogP contribution in [0.4, 0.5) is 0 Å². The molecule has 5 nitrogen and oxygen atoms in total. The van der Waals surface area contributed by atoms with Gasteiger partial charge in [-0.2, -0.15) is 0 Å². The van der Waals surface area contributed by atoms with E-state index in [9.17, 15) is 9.59 Å². The zero-order valence-corrected chi connectivity index (χ0v) is 14.3. The van der Waals surface area contributed by atoms with Gasteiger partial charge in [0.05, 0.1) is 0 Å². The quantitative estimate of drug-likeness (QED) is 0.253. The van der Waals surface area contributed by atoms with Crippen LogP contribution in [-0.4, -0.2) is 27.6 Å². The van der Waals surface area contributed by atoms with Crippen molar-refractivity contribution in [2.24, 2.45) is 0 Å². The maximum atomic E-state index is 10.1. The van der Waals surface area contributed by atoms with Crippen molar-refractivity contribution >= 4 is 18.3 Å². The lowest BCUT2D eigenvalue weighted by atomic mass is 10.1. The van der Waals surface area contributed by atoms with E-state index in [4.69, 9.17) is 15.3 Å². The number of carboxylic acids is 1. The Kier molecular flexibility index (Phi) is 12.9. The molecule has 0 aliphatic rings. The molecule has 0 radical (unpaired) electrons. The minimum atomic E-state index is -1.06. The number of carbonyl (C=O) groups excluding carboxylic acids is 1. The highest BCUT2D eigenvalue weighted by atomic mass is 16.4. The van der Waals surface area contributed by atoms with E-state index in [1.165, 1.54) is 62.8 Å². The number of unbranched alkanes of at least 4 members (excludes halogenated alkanes) is 7. The number of carboxylic acid groups (broad SMARTS) is 1. The van der Waals surface area contributed by atoms with E-state index in [-0.39, 0.29) is 11.5 Å². The van der Waals surface area contributed by atoms with Crippen LogP contribution in [-0.2, 0) is 9.59 Å². The first kappa shape index (κ1) is 21.7. The molecule has 1 aromatic carbocycles.